The minimum Gasteiger partial charge on any atom is -0.376 e. The van der Waals surface area contributed by atoms with Crippen LogP contribution in [0.15, 0.2) is 12.7 Å². The van der Waals surface area contributed by atoms with Crippen molar-refractivity contribution in [1.82, 2.24) is 4.90 Å². The molecule has 0 aromatic carbocycles. The van der Waals surface area contributed by atoms with Crippen LogP contribution in [0.4, 0.5) is 0 Å². The Morgan fingerprint density at radius 1 is 1.04 bits per heavy atom. The molecule has 0 radical (unpaired) electrons. The molecule has 0 spiro atoms. The standard InChI is InChI=1S/C23H41NO2/c1-4-6-7-8-19-9-11-20(12-10-19)21-13-15-22(16-14-21)26-18-17-24(3)23(25)5-2/h5,19-22H,2,4,6-18H2,1,3H3. The molecule has 0 aromatic rings. The van der Waals surface area contributed by atoms with Gasteiger partial charge in [-0.3, -0.25) is 4.79 Å². The second-order valence-electron chi connectivity index (χ2n) is 8.65. The molecule has 0 bridgehead atoms. The molecule has 0 saturated heterocycles. The number of unbranched alkanes of at least 4 members (excludes halogenated alkanes) is 2. The highest BCUT2D eigenvalue weighted by atomic mass is 16.5. The Bertz CT molecular complexity index is 406. The molecule has 0 unspecified atom stereocenters. The number of likely N-dealkylation sites (N-methyl/N-ethyl adjacent to an activating group) is 1. The summed E-state index contributed by atoms with van der Waals surface area (Å²) < 4.78 is 6.03. The quantitative estimate of drug-likeness (QED) is 0.374. The molecule has 2 aliphatic rings. The van der Waals surface area contributed by atoms with Crippen molar-refractivity contribution in [2.75, 3.05) is 20.2 Å². The van der Waals surface area contributed by atoms with Crippen LogP contribution in [0.25, 0.3) is 0 Å². The van der Waals surface area contributed by atoms with Gasteiger partial charge in [0, 0.05) is 13.6 Å². The van der Waals surface area contributed by atoms with Crippen LogP contribution >= 0.6 is 0 Å². The van der Waals surface area contributed by atoms with Gasteiger partial charge in [-0.2, -0.15) is 0 Å². The first-order valence-corrected chi connectivity index (χ1v) is 11.1. The lowest BCUT2D eigenvalue weighted by Crippen LogP contribution is -2.32. The summed E-state index contributed by atoms with van der Waals surface area (Å²) in [4.78, 5) is 13.1. The fourth-order valence-corrected chi connectivity index (χ4v) is 4.98. The molecule has 0 N–H and O–H groups in total. The van der Waals surface area contributed by atoms with Crippen molar-refractivity contribution in [1.29, 1.82) is 0 Å². The van der Waals surface area contributed by atoms with E-state index in [2.05, 4.69) is 13.5 Å². The van der Waals surface area contributed by atoms with Crippen molar-refractivity contribution in [2.45, 2.75) is 90.1 Å². The van der Waals surface area contributed by atoms with Crippen molar-refractivity contribution in [2.24, 2.45) is 17.8 Å². The Morgan fingerprint density at radius 2 is 1.65 bits per heavy atom. The van der Waals surface area contributed by atoms with Gasteiger partial charge >= 0.3 is 0 Å². The van der Waals surface area contributed by atoms with Gasteiger partial charge in [-0.15, -0.1) is 0 Å². The molecule has 0 atom stereocenters. The van der Waals surface area contributed by atoms with E-state index in [0.717, 1.165) is 17.8 Å². The third-order valence-electron chi connectivity index (χ3n) is 6.82. The number of ether oxygens (including phenoxy) is 1. The van der Waals surface area contributed by atoms with E-state index in [1.54, 1.807) is 4.90 Å². The molecular formula is C23H41NO2. The van der Waals surface area contributed by atoms with Gasteiger partial charge in [-0.05, 0) is 62.4 Å². The zero-order valence-corrected chi connectivity index (χ0v) is 17.3. The van der Waals surface area contributed by atoms with Crippen molar-refractivity contribution < 1.29 is 9.53 Å². The third-order valence-corrected chi connectivity index (χ3v) is 6.82. The molecule has 0 aliphatic heterocycles. The van der Waals surface area contributed by atoms with E-state index in [4.69, 9.17) is 4.74 Å². The smallest absolute Gasteiger partial charge is 0.245 e. The molecule has 26 heavy (non-hydrogen) atoms. The monoisotopic (exact) mass is 363 g/mol. The maximum absolute atomic E-state index is 11.5. The van der Waals surface area contributed by atoms with E-state index in [1.165, 1.54) is 83.1 Å². The van der Waals surface area contributed by atoms with Crippen LogP contribution in [0.5, 0.6) is 0 Å². The minimum atomic E-state index is -0.0254. The second kappa shape index (κ2) is 11.8. The lowest BCUT2D eigenvalue weighted by atomic mass is 9.70. The Labute approximate surface area is 161 Å². The van der Waals surface area contributed by atoms with Crippen LogP contribution < -0.4 is 0 Å². The summed E-state index contributed by atoms with van der Waals surface area (Å²) in [5, 5.41) is 0. The summed E-state index contributed by atoms with van der Waals surface area (Å²) in [6.45, 7) is 7.13. The van der Waals surface area contributed by atoms with Crippen LogP contribution in [0.2, 0.25) is 0 Å². The maximum atomic E-state index is 11.5. The van der Waals surface area contributed by atoms with Crippen LogP contribution in [-0.4, -0.2) is 37.1 Å². The Balaban J connectivity index is 1.57. The van der Waals surface area contributed by atoms with Crippen molar-refractivity contribution >= 4 is 5.91 Å². The van der Waals surface area contributed by atoms with E-state index in [1.807, 2.05) is 7.05 Å². The van der Waals surface area contributed by atoms with Gasteiger partial charge < -0.3 is 9.64 Å². The Kier molecular flexibility index (Phi) is 9.74. The van der Waals surface area contributed by atoms with E-state index in [-0.39, 0.29) is 5.91 Å². The summed E-state index contributed by atoms with van der Waals surface area (Å²) in [7, 11) is 1.81. The average molecular weight is 364 g/mol. The third kappa shape index (κ3) is 7.06. The molecule has 150 valence electrons. The normalized spacial score (nSPS) is 29.3. The molecule has 2 aliphatic carbocycles. The molecule has 0 heterocycles. The van der Waals surface area contributed by atoms with Gasteiger partial charge in [0.1, 0.15) is 0 Å². The van der Waals surface area contributed by atoms with Gasteiger partial charge in [0.15, 0.2) is 0 Å². The predicted molar refractivity (Wildman–Crippen MR) is 109 cm³/mol. The number of carbonyl (C=O) groups excluding carboxylic acids is 1. The fourth-order valence-electron chi connectivity index (χ4n) is 4.98. The van der Waals surface area contributed by atoms with Gasteiger partial charge in [0.25, 0.3) is 0 Å². The topological polar surface area (TPSA) is 29.5 Å². The van der Waals surface area contributed by atoms with Crippen LogP contribution in [0.3, 0.4) is 0 Å². The van der Waals surface area contributed by atoms with Crippen molar-refractivity contribution in [3.63, 3.8) is 0 Å². The van der Waals surface area contributed by atoms with Gasteiger partial charge in [0.05, 0.1) is 12.7 Å². The van der Waals surface area contributed by atoms with Crippen LogP contribution in [0.1, 0.15) is 84.0 Å². The lowest BCUT2D eigenvalue weighted by Gasteiger charge is -2.38. The first-order chi connectivity index (χ1) is 12.6. The number of carbonyl (C=O) groups is 1. The SMILES string of the molecule is C=CC(=O)N(C)CCOC1CCC(C2CCC(CCCCC)CC2)CC1. The van der Waals surface area contributed by atoms with Gasteiger partial charge in [-0.25, -0.2) is 0 Å². The average Bonchev–Trinajstić information content (AvgIpc) is 2.68. The molecular weight excluding hydrogens is 322 g/mol. The number of rotatable bonds is 10. The lowest BCUT2D eigenvalue weighted by molar-refractivity contribution is -0.125. The molecule has 3 nitrogen and oxygen atoms in total. The highest BCUT2D eigenvalue weighted by Gasteiger charge is 2.30. The van der Waals surface area contributed by atoms with E-state index in [9.17, 15) is 4.79 Å². The fraction of sp³-hybridized carbons (Fsp3) is 0.870. The Morgan fingerprint density at radius 3 is 2.23 bits per heavy atom. The molecule has 2 saturated carbocycles. The maximum Gasteiger partial charge on any atom is 0.245 e. The molecule has 3 heteroatoms. The van der Waals surface area contributed by atoms with Gasteiger partial charge in [-0.1, -0.05) is 52.0 Å². The Hall–Kier alpha value is -0.830. The zero-order chi connectivity index (χ0) is 18.8. The highest BCUT2D eigenvalue weighted by molar-refractivity contribution is 5.86. The summed E-state index contributed by atoms with van der Waals surface area (Å²) in [5.74, 6) is 2.92. The predicted octanol–water partition coefficient (Wildman–Crippen LogP) is 5.59. The van der Waals surface area contributed by atoms with E-state index < -0.39 is 0 Å². The van der Waals surface area contributed by atoms with Crippen molar-refractivity contribution in [3.8, 4) is 0 Å². The second-order valence-corrected chi connectivity index (χ2v) is 8.65. The molecule has 0 aromatic heterocycles. The van der Waals surface area contributed by atoms with Crippen molar-refractivity contribution in [3.05, 3.63) is 12.7 Å². The van der Waals surface area contributed by atoms with Crippen LogP contribution in [-0.2, 0) is 9.53 Å². The summed E-state index contributed by atoms with van der Waals surface area (Å²) in [6, 6.07) is 0. The largest absolute Gasteiger partial charge is 0.376 e. The first-order valence-electron chi connectivity index (χ1n) is 11.1. The first kappa shape index (κ1) is 21.5. The summed E-state index contributed by atoms with van der Waals surface area (Å²) >= 11 is 0. The molecule has 1 amide bonds. The zero-order valence-electron chi connectivity index (χ0n) is 17.3. The van der Waals surface area contributed by atoms with E-state index in [0.29, 0.717) is 19.3 Å². The number of hydrogen-bond donors (Lipinski definition) is 0. The molecule has 2 rings (SSSR count). The number of nitrogens with zero attached hydrogens (tertiary/aromatic N) is 1. The highest BCUT2D eigenvalue weighted by Crippen LogP contribution is 2.41. The number of amides is 1. The van der Waals surface area contributed by atoms with E-state index >= 15 is 0 Å². The summed E-state index contributed by atoms with van der Waals surface area (Å²) in [5.41, 5.74) is 0. The molecule has 2 fully saturated rings. The summed E-state index contributed by atoms with van der Waals surface area (Å²) in [6.07, 6.45) is 18.5. The van der Waals surface area contributed by atoms with Gasteiger partial charge in [0.2, 0.25) is 5.91 Å². The minimum absolute atomic E-state index is 0.0254. The van der Waals surface area contributed by atoms with Crippen LogP contribution in [0, 0.1) is 17.8 Å². The number of hydrogen-bond acceptors (Lipinski definition) is 2.